The van der Waals surface area contributed by atoms with Gasteiger partial charge in [0.2, 0.25) is 0 Å². The zero-order valence-electron chi connectivity index (χ0n) is 12.5. The maximum absolute atomic E-state index is 6.24. The van der Waals surface area contributed by atoms with Gasteiger partial charge in [0, 0.05) is 18.1 Å². The summed E-state index contributed by atoms with van der Waals surface area (Å²) in [4.78, 5) is 5.26. The lowest BCUT2D eigenvalue weighted by Gasteiger charge is -2.45. The maximum atomic E-state index is 6.24. The van der Waals surface area contributed by atoms with Crippen LogP contribution in [0.2, 0.25) is 0 Å². The van der Waals surface area contributed by atoms with Crippen LogP contribution in [-0.4, -0.2) is 54.6 Å². The standard InChI is InChI=1S/C15H31N3/c1-13(2)14-6-4-10-18(14)15(12-16)7-5-9-17(3)11-8-15/h13-14H,4-12,16H2,1-3H3. The average Bonchev–Trinajstić information content (AvgIpc) is 2.76. The molecule has 0 amide bonds. The SMILES string of the molecule is CC(C)C1CCCN1C1(CN)CCCN(C)CC1. The molecule has 2 atom stereocenters. The van der Waals surface area contributed by atoms with Crippen molar-refractivity contribution in [2.24, 2.45) is 11.7 Å². The molecule has 0 aromatic rings. The van der Waals surface area contributed by atoms with Crippen molar-refractivity contribution in [3.05, 3.63) is 0 Å². The van der Waals surface area contributed by atoms with Crippen LogP contribution in [0.5, 0.6) is 0 Å². The van der Waals surface area contributed by atoms with Crippen molar-refractivity contribution in [2.45, 2.75) is 57.5 Å². The van der Waals surface area contributed by atoms with Gasteiger partial charge < -0.3 is 10.6 Å². The highest BCUT2D eigenvalue weighted by Gasteiger charge is 2.42. The van der Waals surface area contributed by atoms with E-state index in [0.29, 0.717) is 0 Å². The third-order valence-electron chi connectivity index (χ3n) is 5.20. The smallest absolute Gasteiger partial charge is 0.0347 e. The lowest BCUT2D eigenvalue weighted by molar-refractivity contribution is 0.0476. The van der Waals surface area contributed by atoms with Crippen molar-refractivity contribution in [1.29, 1.82) is 0 Å². The van der Waals surface area contributed by atoms with Crippen LogP contribution in [0.4, 0.5) is 0 Å². The Hall–Kier alpha value is -0.120. The van der Waals surface area contributed by atoms with Crippen LogP contribution in [0.3, 0.4) is 0 Å². The van der Waals surface area contributed by atoms with Gasteiger partial charge in [-0.15, -0.1) is 0 Å². The zero-order chi connectivity index (χ0) is 13.2. The van der Waals surface area contributed by atoms with Crippen molar-refractivity contribution in [1.82, 2.24) is 9.80 Å². The average molecular weight is 253 g/mol. The van der Waals surface area contributed by atoms with Crippen molar-refractivity contribution >= 4 is 0 Å². The molecule has 0 aromatic carbocycles. The summed E-state index contributed by atoms with van der Waals surface area (Å²) in [6.45, 7) is 9.29. The minimum Gasteiger partial charge on any atom is -0.329 e. The summed E-state index contributed by atoms with van der Waals surface area (Å²) in [5.41, 5.74) is 6.52. The Morgan fingerprint density at radius 2 is 1.94 bits per heavy atom. The van der Waals surface area contributed by atoms with E-state index in [0.717, 1.165) is 18.5 Å². The molecule has 2 unspecified atom stereocenters. The van der Waals surface area contributed by atoms with Crippen molar-refractivity contribution < 1.29 is 0 Å². The molecule has 2 aliphatic heterocycles. The number of nitrogens with zero attached hydrogens (tertiary/aromatic N) is 2. The molecule has 3 nitrogen and oxygen atoms in total. The van der Waals surface area contributed by atoms with Gasteiger partial charge in [0.1, 0.15) is 0 Å². The van der Waals surface area contributed by atoms with Crippen LogP contribution < -0.4 is 5.73 Å². The monoisotopic (exact) mass is 253 g/mol. The molecule has 0 saturated carbocycles. The fourth-order valence-electron chi connectivity index (χ4n) is 4.00. The van der Waals surface area contributed by atoms with E-state index in [9.17, 15) is 0 Å². The molecule has 2 fully saturated rings. The van der Waals surface area contributed by atoms with Gasteiger partial charge in [-0.3, -0.25) is 4.90 Å². The van der Waals surface area contributed by atoms with E-state index in [-0.39, 0.29) is 5.54 Å². The molecule has 106 valence electrons. The molecular formula is C15H31N3. The van der Waals surface area contributed by atoms with E-state index in [1.807, 2.05) is 0 Å². The Morgan fingerprint density at radius 1 is 1.17 bits per heavy atom. The Morgan fingerprint density at radius 3 is 2.61 bits per heavy atom. The second kappa shape index (κ2) is 5.89. The number of rotatable bonds is 3. The van der Waals surface area contributed by atoms with Gasteiger partial charge in [0.05, 0.1) is 0 Å². The van der Waals surface area contributed by atoms with Gasteiger partial charge in [0.15, 0.2) is 0 Å². The molecule has 2 N–H and O–H groups in total. The fourth-order valence-corrected chi connectivity index (χ4v) is 4.00. The highest BCUT2D eigenvalue weighted by molar-refractivity contribution is 5.00. The minimum absolute atomic E-state index is 0.288. The number of hydrogen-bond donors (Lipinski definition) is 1. The van der Waals surface area contributed by atoms with Crippen LogP contribution in [0.1, 0.15) is 46.0 Å². The quantitative estimate of drug-likeness (QED) is 0.834. The fraction of sp³-hybridized carbons (Fsp3) is 1.00. The third-order valence-corrected chi connectivity index (χ3v) is 5.20. The summed E-state index contributed by atoms with van der Waals surface area (Å²) in [5.74, 6) is 0.761. The highest BCUT2D eigenvalue weighted by Crippen LogP contribution is 2.36. The summed E-state index contributed by atoms with van der Waals surface area (Å²) in [6, 6.07) is 0.761. The maximum Gasteiger partial charge on any atom is 0.0347 e. The van der Waals surface area contributed by atoms with E-state index in [1.165, 1.54) is 51.7 Å². The summed E-state index contributed by atoms with van der Waals surface area (Å²) in [5, 5.41) is 0. The van der Waals surface area contributed by atoms with Crippen LogP contribution in [0.15, 0.2) is 0 Å². The van der Waals surface area contributed by atoms with E-state index < -0.39 is 0 Å². The van der Waals surface area contributed by atoms with Gasteiger partial charge in [-0.05, 0) is 64.7 Å². The molecule has 0 spiro atoms. The Bertz CT molecular complexity index is 266. The Labute approximate surface area is 113 Å². The van der Waals surface area contributed by atoms with Gasteiger partial charge in [-0.25, -0.2) is 0 Å². The summed E-state index contributed by atoms with van der Waals surface area (Å²) in [6.07, 6.45) is 6.57. The number of likely N-dealkylation sites (tertiary alicyclic amines) is 2. The molecule has 18 heavy (non-hydrogen) atoms. The molecule has 2 heterocycles. The topological polar surface area (TPSA) is 32.5 Å². The molecule has 0 aromatic heterocycles. The molecule has 2 rings (SSSR count). The number of nitrogens with two attached hydrogens (primary N) is 1. The molecule has 0 bridgehead atoms. The van der Waals surface area contributed by atoms with Gasteiger partial charge in [-0.1, -0.05) is 13.8 Å². The first-order valence-electron chi connectivity index (χ1n) is 7.74. The second-order valence-electron chi connectivity index (χ2n) is 6.73. The predicted octanol–water partition coefficient (Wildman–Crippen LogP) is 1.92. The summed E-state index contributed by atoms with van der Waals surface area (Å²) >= 11 is 0. The van der Waals surface area contributed by atoms with E-state index in [1.54, 1.807) is 0 Å². The third kappa shape index (κ3) is 2.73. The van der Waals surface area contributed by atoms with Crippen LogP contribution >= 0.6 is 0 Å². The molecule has 3 heteroatoms. The molecule has 0 radical (unpaired) electrons. The van der Waals surface area contributed by atoms with Crippen LogP contribution in [0.25, 0.3) is 0 Å². The summed E-state index contributed by atoms with van der Waals surface area (Å²) in [7, 11) is 2.25. The van der Waals surface area contributed by atoms with E-state index in [2.05, 4.69) is 30.7 Å². The Kier molecular flexibility index (Phi) is 4.68. The van der Waals surface area contributed by atoms with Crippen molar-refractivity contribution in [2.75, 3.05) is 33.2 Å². The summed E-state index contributed by atoms with van der Waals surface area (Å²) < 4.78 is 0. The van der Waals surface area contributed by atoms with Crippen molar-refractivity contribution in [3.8, 4) is 0 Å². The first-order valence-corrected chi connectivity index (χ1v) is 7.74. The Balaban J connectivity index is 2.15. The lowest BCUT2D eigenvalue weighted by Crippen LogP contribution is -2.57. The van der Waals surface area contributed by atoms with Gasteiger partial charge in [-0.2, -0.15) is 0 Å². The molecule has 2 saturated heterocycles. The molecular weight excluding hydrogens is 222 g/mol. The van der Waals surface area contributed by atoms with Gasteiger partial charge in [0.25, 0.3) is 0 Å². The first kappa shape index (κ1) is 14.3. The van der Waals surface area contributed by atoms with Crippen molar-refractivity contribution in [3.63, 3.8) is 0 Å². The molecule has 2 aliphatic rings. The lowest BCUT2D eigenvalue weighted by atomic mass is 9.86. The number of hydrogen-bond acceptors (Lipinski definition) is 3. The highest BCUT2D eigenvalue weighted by atomic mass is 15.3. The molecule has 0 aliphatic carbocycles. The van der Waals surface area contributed by atoms with E-state index in [4.69, 9.17) is 5.73 Å². The van der Waals surface area contributed by atoms with E-state index >= 15 is 0 Å². The van der Waals surface area contributed by atoms with Gasteiger partial charge >= 0.3 is 0 Å². The minimum atomic E-state index is 0.288. The van der Waals surface area contributed by atoms with Crippen LogP contribution in [-0.2, 0) is 0 Å². The van der Waals surface area contributed by atoms with Crippen LogP contribution in [0, 0.1) is 5.92 Å². The largest absolute Gasteiger partial charge is 0.329 e. The first-order chi connectivity index (χ1) is 8.59. The zero-order valence-corrected chi connectivity index (χ0v) is 12.5. The second-order valence-corrected chi connectivity index (χ2v) is 6.73. The predicted molar refractivity (Wildman–Crippen MR) is 77.7 cm³/mol. The normalized spacial score (nSPS) is 36.2.